The molecule has 0 saturated heterocycles. The van der Waals surface area contributed by atoms with Crippen molar-refractivity contribution in [2.45, 2.75) is 13.8 Å². The van der Waals surface area contributed by atoms with Crippen LogP contribution in [0.5, 0.6) is 0 Å². The molecule has 0 spiro atoms. The SMILES string of the molecule is Cc1cc(C)n2nc(C(=O)OCC(=O)Nc3cc(-c4ccccc4)nn3-c3ccccc3)nc2n1. The number of nitrogens with zero attached hydrogens (tertiary/aromatic N) is 6. The molecule has 174 valence electrons. The predicted molar refractivity (Wildman–Crippen MR) is 128 cm³/mol. The summed E-state index contributed by atoms with van der Waals surface area (Å²) in [6.45, 7) is 3.15. The van der Waals surface area contributed by atoms with Gasteiger partial charge in [0.2, 0.25) is 0 Å². The number of anilines is 1. The molecule has 5 aromatic rings. The van der Waals surface area contributed by atoms with Crippen LogP contribution in [0.3, 0.4) is 0 Å². The summed E-state index contributed by atoms with van der Waals surface area (Å²) >= 11 is 0. The van der Waals surface area contributed by atoms with Crippen molar-refractivity contribution in [1.82, 2.24) is 29.4 Å². The number of aromatic nitrogens is 6. The van der Waals surface area contributed by atoms with Crippen molar-refractivity contribution < 1.29 is 14.3 Å². The van der Waals surface area contributed by atoms with Crippen molar-refractivity contribution in [3.05, 3.63) is 90.0 Å². The number of para-hydroxylation sites is 1. The predicted octanol–water partition coefficient (Wildman–Crippen LogP) is 3.39. The fourth-order valence-electron chi connectivity index (χ4n) is 3.61. The van der Waals surface area contributed by atoms with Crippen LogP contribution in [0.1, 0.15) is 22.0 Å². The van der Waals surface area contributed by atoms with Crippen molar-refractivity contribution in [1.29, 1.82) is 0 Å². The lowest BCUT2D eigenvalue weighted by Crippen LogP contribution is -2.22. The maximum Gasteiger partial charge on any atom is 0.378 e. The number of ether oxygens (including phenoxy) is 1. The number of benzene rings is 2. The Kier molecular flexibility index (Phi) is 5.76. The average Bonchev–Trinajstić information content (AvgIpc) is 3.48. The molecule has 0 atom stereocenters. The molecule has 0 bridgehead atoms. The average molecular weight is 467 g/mol. The first-order valence-corrected chi connectivity index (χ1v) is 10.9. The topological polar surface area (TPSA) is 116 Å². The Labute approximate surface area is 200 Å². The summed E-state index contributed by atoms with van der Waals surface area (Å²) in [5, 5.41) is 11.6. The van der Waals surface area contributed by atoms with E-state index in [1.807, 2.05) is 80.6 Å². The Morgan fingerprint density at radius 3 is 2.37 bits per heavy atom. The van der Waals surface area contributed by atoms with Crippen LogP contribution in [0.2, 0.25) is 0 Å². The number of esters is 1. The van der Waals surface area contributed by atoms with Gasteiger partial charge in [0.15, 0.2) is 6.61 Å². The van der Waals surface area contributed by atoms with Gasteiger partial charge in [0.1, 0.15) is 5.82 Å². The van der Waals surface area contributed by atoms with Crippen molar-refractivity contribution in [2.24, 2.45) is 0 Å². The lowest BCUT2D eigenvalue weighted by molar-refractivity contribution is -0.119. The molecule has 2 aromatic carbocycles. The molecule has 0 radical (unpaired) electrons. The minimum absolute atomic E-state index is 0.167. The highest BCUT2D eigenvalue weighted by atomic mass is 16.5. The number of amides is 1. The van der Waals surface area contributed by atoms with E-state index in [0.717, 1.165) is 22.6 Å². The third-order valence-electron chi connectivity index (χ3n) is 5.18. The minimum Gasteiger partial charge on any atom is -0.450 e. The molecule has 0 unspecified atom stereocenters. The lowest BCUT2D eigenvalue weighted by atomic mass is 10.2. The molecular formula is C25H21N7O3. The second-order valence-corrected chi connectivity index (χ2v) is 7.84. The van der Waals surface area contributed by atoms with Crippen LogP contribution in [-0.2, 0) is 9.53 Å². The highest BCUT2D eigenvalue weighted by molar-refractivity contribution is 5.94. The van der Waals surface area contributed by atoms with Gasteiger partial charge in [-0.1, -0.05) is 48.5 Å². The van der Waals surface area contributed by atoms with Crippen LogP contribution < -0.4 is 5.32 Å². The Morgan fingerprint density at radius 1 is 0.914 bits per heavy atom. The summed E-state index contributed by atoms with van der Waals surface area (Å²) in [4.78, 5) is 33.5. The molecule has 0 aliphatic rings. The van der Waals surface area contributed by atoms with E-state index in [-0.39, 0.29) is 5.82 Å². The molecule has 10 nitrogen and oxygen atoms in total. The van der Waals surface area contributed by atoms with Gasteiger partial charge in [0.25, 0.3) is 17.5 Å². The van der Waals surface area contributed by atoms with Gasteiger partial charge in [0, 0.05) is 23.0 Å². The molecule has 3 aromatic heterocycles. The van der Waals surface area contributed by atoms with E-state index in [1.54, 1.807) is 10.7 Å². The van der Waals surface area contributed by atoms with Crippen LogP contribution in [0.25, 0.3) is 22.7 Å². The fourth-order valence-corrected chi connectivity index (χ4v) is 3.61. The van der Waals surface area contributed by atoms with E-state index >= 15 is 0 Å². The van der Waals surface area contributed by atoms with Crippen LogP contribution in [-0.4, -0.2) is 47.8 Å². The molecular weight excluding hydrogens is 446 g/mol. The molecule has 5 rings (SSSR count). The van der Waals surface area contributed by atoms with Crippen LogP contribution in [0.15, 0.2) is 72.8 Å². The summed E-state index contributed by atoms with van der Waals surface area (Å²) in [6, 6.07) is 22.6. The molecule has 0 fully saturated rings. The molecule has 0 aliphatic heterocycles. The maximum absolute atomic E-state index is 12.7. The quantitative estimate of drug-likeness (QED) is 0.381. The van der Waals surface area contributed by atoms with Gasteiger partial charge in [-0.3, -0.25) is 4.79 Å². The highest BCUT2D eigenvalue weighted by Gasteiger charge is 2.19. The van der Waals surface area contributed by atoms with Gasteiger partial charge in [-0.15, -0.1) is 5.10 Å². The van der Waals surface area contributed by atoms with Gasteiger partial charge in [-0.05, 0) is 32.0 Å². The highest BCUT2D eigenvalue weighted by Crippen LogP contribution is 2.24. The molecule has 35 heavy (non-hydrogen) atoms. The molecule has 0 saturated carbocycles. The molecule has 3 heterocycles. The first-order valence-electron chi connectivity index (χ1n) is 10.9. The van der Waals surface area contributed by atoms with E-state index in [9.17, 15) is 9.59 Å². The van der Waals surface area contributed by atoms with Gasteiger partial charge in [-0.2, -0.15) is 10.1 Å². The lowest BCUT2D eigenvalue weighted by Gasteiger charge is -2.08. The van der Waals surface area contributed by atoms with Crippen LogP contribution >= 0.6 is 0 Å². The number of hydrogen-bond acceptors (Lipinski definition) is 7. The summed E-state index contributed by atoms with van der Waals surface area (Å²) < 4.78 is 8.23. The number of carbonyl (C=O) groups excluding carboxylic acids is 2. The van der Waals surface area contributed by atoms with E-state index in [1.165, 1.54) is 4.52 Å². The second-order valence-electron chi connectivity index (χ2n) is 7.84. The number of aryl methyl sites for hydroxylation is 2. The monoisotopic (exact) mass is 467 g/mol. The smallest absolute Gasteiger partial charge is 0.378 e. The largest absolute Gasteiger partial charge is 0.450 e. The Morgan fingerprint density at radius 2 is 1.63 bits per heavy atom. The van der Waals surface area contributed by atoms with E-state index < -0.39 is 18.5 Å². The fraction of sp³-hybridized carbons (Fsp3) is 0.120. The maximum atomic E-state index is 12.7. The normalized spacial score (nSPS) is 10.9. The zero-order chi connectivity index (χ0) is 24.4. The summed E-state index contributed by atoms with van der Waals surface area (Å²) in [5.74, 6) is -0.774. The van der Waals surface area contributed by atoms with Gasteiger partial charge >= 0.3 is 5.97 Å². The molecule has 0 aliphatic carbocycles. The van der Waals surface area contributed by atoms with Gasteiger partial charge in [-0.25, -0.2) is 19.0 Å². The van der Waals surface area contributed by atoms with Crippen LogP contribution in [0.4, 0.5) is 5.82 Å². The zero-order valence-electron chi connectivity index (χ0n) is 19.0. The molecule has 1 N–H and O–H groups in total. The number of nitrogens with one attached hydrogen (secondary N) is 1. The van der Waals surface area contributed by atoms with Crippen molar-refractivity contribution in [2.75, 3.05) is 11.9 Å². The van der Waals surface area contributed by atoms with Crippen molar-refractivity contribution in [3.63, 3.8) is 0 Å². The third-order valence-corrected chi connectivity index (χ3v) is 5.18. The van der Waals surface area contributed by atoms with E-state index in [4.69, 9.17) is 4.74 Å². The Balaban J connectivity index is 1.33. The first-order chi connectivity index (χ1) is 17.0. The molecule has 1 amide bonds. The Hall–Kier alpha value is -4.86. The van der Waals surface area contributed by atoms with Gasteiger partial charge < -0.3 is 10.1 Å². The number of fused-ring (bicyclic) bond motifs is 1. The minimum atomic E-state index is -0.816. The summed E-state index contributed by atoms with van der Waals surface area (Å²) in [5.41, 5.74) is 3.90. The zero-order valence-corrected chi connectivity index (χ0v) is 19.0. The van der Waals surface area contributed by atoms with Crippen molar-refractivity contribution in [3.8, 4) is 16.9 Å². The second kappa shape index (κ2) is 9.18. The van der Waals surface area contributed by atoms with Crippen LogP contribution in [0, 0.1) is 13.8 Å². The standard InChI is InChI=1S/C25H21N7O3/c1-16-13-17(2)31-25(26-16)28-23(30-31)24(34)35-15-22(33)27-21-14-20(18-9-5-3-6-10-18)29-32(21)19-11-7-4-8-12-19/h3-14H,15H2,1-2H3,(H,27,33). The van der Waals surface area contributed by atoms with Gasteiger partial charge in [0.05, 0.1) is 11.4 Å². The number of rotatable bonds is 6. The van der Waals surface area contributed by atoms with E-state index in [0.29, 0.717) is 17.3 Å². The van der Waals surface area contributed by atoms with E-state index in [2.05, 4.69) is 25.5 Å². The third kappa shape index (κ3) is 4.62. The summed E-state index contributed by atoms with van der Waals surface area (Å²) in [7, 11) is 0. The number of carbonyl (C=O) groups is 2. The molecule has 10 heteroatoms. The Bertz CT molecular complexity index is 1530. The first kappa shape index (κ1) is 22.0. The van der Waals surface area contributed by atoms with Crippen molar-refractivity contribution >= 4 is 23.5 Å². The number of hydrogen-bond donors (Lipinski definition) is 1. The summed E-state index contributed by atoms with van der Waals surface area (Å²) in [6.07, 6.45) is 0.